The summed E-state index contributed by atoms with van der Waals surface area (Å²) in [5, 5.41) is 104. The van der Waals surface area contributed by atoms with Crippen molar-refractivity contribution in [3.63, 3.8) is 0 Å². The molecule has 0 bridgehead atoms. The van der Waals surface area contributed by atoms with Crippen molar-refractivity contribution < 1.29 is 88.7 Å². The fourth-order valence-electron chi connectivity index (χ4n) is 6.09. The third kappa shape index (κ3) is 8.21. The maximum atomic E-state index is 13.9. The van der Waals surface area contributed by atoms with Crippen LogP contribution in [0.25, 0.3) is 28.4 Å². The monoisotopic (exact) mass is 786 g/mol. The van der Waals surface area contributed by atoms with Crippen LogP contribution in [-0.4, -0.2) is 139 Å². The van der Waals surface area contributed by atoms with E-state index in [1.807, 2.05) is 0 Å². The molecule has 19 nitrogen and oxygen atoms in total. The Balaban J connectivity index is 1.27. The third-order valence-corrected chi connectivity index (χ3v) is 9.07. The van der Waals surface area contributed by atoms with E-state index in [9.17, 15) is 60.7 Å². The Morgan fingerprint density at radius 3 is 2.18 bits per heavy atom. The van der Waals surface area contributed by atoms with E-state index in [0.717, 1.165) is 18.2 Å². The number of rotatable bonds is 11. The molecule has 0 aliphatic carbocycles. The van der Waals surface area contributed by atoms with Crippen LogP contribution < -0.4 is 14.9 Å². The van der Waals surface area contributed by atoms with Gasteiger partial charge in [0.15, 0.2) is 29.7 Å². The van der Waals surface area contributed by atoms with Gasteiger partial charge >= 0.3 is 5.97 Å². The van der Waals surface area contributed by atoms with Crippen molar-refractivity contribution in [1.29, 1.82) is 0 Å². The molecule has 0 saturated carbocycles. The number of methoxy groups -OCH3 is 1. The molecule has 6 rings (SSSR count). The van der Waals surface area contributed by atoms with Crippen LogP contribution in [0.2, 0.25) is 0 Å². The van der Waals surface area contributed by atoms with Gasteiger partial charge in [-0.3, -0.25) is 4.79 Å². The molecule has 2 saturated heterocycles. The number of benzene rings is 3. The summed E-state index contributed by atoms with van der Waals surface area (Å²) in [7, 11) is 1.34. The first-order valence-corrected chi connectivity index (χ1v) is 16.9. The number of aromatic hydroxyl groups is 4. The van der Waals surface area contributed by atoms with E-state index < -0.39 is 109 Å². The van der Waals surface area contributed by atoms with Gasteiger partial charge in [-0.15, -0.1) is 0 Å². The van der Waals surface area contributed by atoms with Gasteiger partial charge in [-0.1, -0.05) is 6.07 Å². The van der Waals surface area contributed by atoms with Crippen LogP contribution in [0.3, 0.4) is 0 Å². The van der Waals surface area contributed by atoms with Crippen molar-refractivity contribution in [3.8, 4) is 45.8 Å². The zero-order valence-electron chi connectivity index (χ0n) is 29.2. The molecule has 10 N–H and O–H groups in total. The average Bonchev–Trinajstić information content (AvgIpc) is 3.17. The molecule has 4 aromatic rings. The van der Waals surface area contributed by atoms with E-state index >= 15 is 0 Å². The number of aliphatic hydroxyl groups excluding tert-OH is 6. The normalized spacial score (nSPS) is 28.0. The zero-order valence-corrected chi connectivity index (χ0v) is 29.2. The number of phenolic OH excluding ortho intramolecular Hbond substituents is 4. The van der Waals surface area contributed by atoms with Gasteiger partial charge in [0.1, 0.15) is 77.6 Å². The highest BCUT2D eigenvalue weighted by atomic mass is 16.8. The number of hydrogen-bond acceptors (Lipinski definition) is 19. The summed E-state index contributed by atoms with van der Waals surface area (Å²) in [5.41, 5.74) is -0.715. The number of carbonyl (C=O) groups is 1. The van der Waals surface area contributed by atoms with E-state index in [1.165, 1.54) is 55.7 Å². The first kappa shape index (κ1) is 40.2. The molecular weight excluding hydrogens is 748 g/mol. The Kier molecular flexibility index (Phi) is 12.0. The Morgan fingerprint density at radius 1 is 0.786 bits per heavy atom. The number of ether oxygens (including phenoxy) is 6. The van der Waals surface area contributed by atoms with Gasteiger partial charge in [0, 0.05) is 23.8 Å². The molecule has 0 unspecified atom stereocenters. The number of esters is 1. The van der Waals surface area contributed by atoms with E-state index in [4.69, 9.17) is 32.8 Å². The summed E-state index contributed by atoms with van der Waals surface area (Å²) < 4.78 is 39.2. The zero-order chi connectivity index (χ0) is 40.4. The molecule has 3 aromatic carbocycles. The highest BCUT2D eigenvalue weighted by Crippen LogP contribution is 2.38. The Morgan fingerprint density at radius 2 is 1.48 bits per heavy atom. The third-order valence-electron chi connectivity index (χ3n) is 9.07. The number of phenols is 4. The second kappa shape index (κ2) is 16.7. The summed E-state index contributed by atoms with van der Waals surface area (Å²) in [6.07, 6.45) is -16.3. The molecule has 10 atom stereocenters. The molecular formula is C37H38O19. The van der Waals surface area contributed by atoms with Gasteiger partial charge in [0.05, 0.1) is 13.7 Å². The van der Waals surface area contributed by atoms with Crippen LogP contribution >= 0.6 is 0 Å². The highest BCUT2D eigenvalue weighted by Gasteiger charge is 2.52. The van der Waals surface area contributed by atoms with Crippen LogP contribution in [0.5, 0.6) is 34.5 Å². The summed E-state index contributed by atoms with van der Waals surface area (Å²) in [5.74, 6) is -3.21. The first-order valence-electron chi connectivity index (χ1n) is 16.9. The SMILES string of the molecule is COc1cc(C=CC(=O)OC[C@H]2O[C@@H](O[C@H]3[C@H](Oc4c(-c5ccc(O)cc5)oc5cc(O)cc(O)c5c4=O)O[C@H](CO)[C@H](O)[C@@H]3O)[C@H](O)[C@@H](O)[C@@H]2O)ccc1O. The van der Waals surface area contributed by atoms with Gasteiger partial charge < -0.3 is 83.9 Å². The van der Waals surface area contributed by atoms with E-state index in [1.54, 1.807) is 0 Å². The maximum absolute atomic E-state index is 13.9. The number of fused-ring (bicyclic) bond motifs is 1. The summed E-state index contributed by atoms with van der Waals surface area (Å²) in [6, 6.07) is 11.4. The largest absolute Gasteiger partial charge is 0.508 e. The fourth-order valence-corrected chi connectivity index (χ4v) is 6.09. The van der Waals surface area contributed by atoms with Crippen LogP contribution in [0.15, 0.2) is 69.9 Å². The quantitative estimate of drug-likeness (QED) is 0.0680. The molecule has 0 spiro atoms. The van der Waals surface area contributed by atoms with Crippen molar-refractivity contribution in [2.24, 2.45) is 0 Å². The predicted octanol–water partition coefficient (Wildman–Crippen LogP) is -0.442. The number of carbonyl (C=O) groups excluding carboxylic acids is 1. The number of aliphatic hydroxyl groups is 6. The van der Waals surface area contributed by atoms with Crippen molar-refractivity contribution in [1.82, 2.24) is 0 Å². The standard InChI is InChI=1S/C37H38O19/c1-50-21-10-15(2-8-19(21)41)3-9-25(43)51-14-24-28(45)30(47)32(49)36(54-24)56-35-31(48)27(44)23(13-38)53-37(35)55-34-29(46)26-20(42)11-18(40)12-22(26)52-33(34)16-4-6-17(39)7-5-16/h2-12,23-24,27-28,30-32,35-42,44-45,47-49H,13-14H2,1H3/t23-,24-,27+,28-,30+,31+,32-,35-,36+,37+/m1/s1. The Bertz CT molecular complexity index is 2120. The van der Waals surface area contributed by atoms with E-state index in [0.29, 0.717) is 5.56 Å². The molecule has 2 fully saturated rings. The average molecular weight is 787 g/mol. The van der Waals surface area contributed by atoms with Crippen LogP contribution in [0.4, 0.5) is 0 Å². The molecule has 0 radical (unpaired) electrons. The predicted molar refractivity (Wildman–Crippen MR) is 188 cm³/mol. The Hall–Kier alpha value is -5.48. The van der Waals surface area contributed by atoms with Crippen molar-refractivity contribution in [3.05, 3.63) is 76.5 Å². The van der Waals surface area contributed by atoms with Crippen LogP contribution in [0.1, 0.15) is 5.56 Å². The minimum absolute atomic E-state index is 0.124. The lowest BCUT2D eigenvalue weighted by Crippen LogP contribution is -2.65. The van der Waals surface area contributed by atoms with Crippen molar-refractivity contribution >= 4 is 23.0 Å². The minimum Gasteiger partial charge on any atom is -0.508 e. The lowest BCUT2D eigenvalue weighted by molar-refractivity contribution is -0.358. The molecule has 1 aromatic heterocycles. The molecule has 56 heavy (non-hydrogen) atoms. The topological polar surface area (TPSA) is 305 Å². The van der Waals surface area contributed by atoms with E-state index in [2.05, 4.69) is 0 Å². The smallest absolute Gasteiger partial charge is 0.330 e. The second-order valence-electron chi connectivity index (χ2n) is 12.8. The van der Waals surface area contributed by atoms with Crippen LogP contribution in [-0.2, 0) is 23.7 Å². The number of hydrogen-bond donors (Lipinski definition) is 10. The lowest BCUT2D eigenvalue weighted by atomic mass is 9.97. The molecule has 300 valence electrons. The molecule has 19 heteroatoms. The summed E-state index contributed by atoms with van der Waals surface area (Å²) >= 11 is 0. The van der Waals surface area contributed by atoms with Crippen molar-refractivity contribution in [2.75, 3.05) is 20.3 Å². The maximum Gasteiger partial charge on any atom is 0.330 e. The minimum atomic E-state index is -2.04. The first-order chi connectivity index (χ1) is 26.7. The van der Waals surface area contributed by atoms with Crippen molar-refractivity contribution in [2.45, 2.75) is 61.4 Å². The fraction of sp³-hybridized carbons (Fsp3) is 0.351. The summed E-state index contributed by atoms with van der Waals surface area (Å²) in [4.78, 5) is 26.5. The van der Waals surface area contributed by atoms with Gasteiger partial charge in [-0.25, -0.2) is 4.79 Å². The second-order valence-corrected chi connectivity index (χ2v) is 12.8. The van der Waals surface area contributed by atoms with Gasteiger partial charge in [0.25, 0.3) is 0 Å². The van der Waals surface area contributed by atoms with Crippen LogP contribution in [0, 0.1) is 0 Å². The molecule has 2 aliphatic heterocycles. The summed E-state index contributed by atoms with van der Waals surface area (Å²) in [6.45, 7) is -1.57. The molecule has 3 heterocycles. The van der Waals surface area contributed by atoms with Gasteiger partial charge in [0.2, 0.25) is 17.5 Å². The van der Waals surface area contributed by atoms with E-state index in [-0.39, 0.29) is 34.2 Å². The Labute approximate surface area is 315 Å². The van der Waals surface area contributed by atoms with Gasteiger partial charge in [-0.2, -0.15) is 0 Å². The highest BCUT2D eigenvalue weighted by molar-refractivity contribution is 5.88. The molecule has 2 aliphatic rings. The molecule has 0 amide bonds. The lowest BCUT2D eigenvalue weighted by Gasteiger charge is -2.45. The van der Waals surface area contributed by atoms with Gasteiger partial charge in [-0.05, 0) is 48.0 Å².